The highest BCUT2D eigenvalue weighted by Gasteiger charge is 2.06. The summed E-state index contributed by atoms with van der Waals surface area (Å²) in [5.41, 5.74) is 1.61. The molecule has 0 aliphatic carbocycles. The number of halogens is 1. The zero-order valence-electron chi connectivity index (χ0n) is 6.79. The van der Waals surface area contributed by atoms with Gasteiger partial charge >= 0.3 is 0 Å². The Kier molecular flexibility index (Phi) is 3.43. The molecule has 0 saturated heterocycles. The van der Waals surface area contributed by atoms with Crippen molar-refractivity contribution in [2.24, 2.45) is 0 Å². The third-order valence-corrected chi connectivity index (χ3v) is 2.47. The van der Waals surface area contributed by atoms with E-state index in [1.165, 1.54) is 0 Å². The normalized spacial score (nSPS) is 9.69. The predicted octanol–water partition coefficient (Wildman–Crippen LogP) is 1.31. The van der Waals surface area contributed by atoms with E-state index in [2.05, 4.69) is 15.9 Å². The van der Waals surface area contributed by atoms with Crippen molar-refractivity contribution >= 4 is 15.9 Å². The molecule has 0 atom stereocenters. The van der Waals surface area contributed by atoms with Crippen molar-refractivity contribution in [1.82, 2.24) is 0 Å². The molecular formula is C9H8BrNO2. The molecular weight excluding hydrogens is 234 g/mol. The van der Waals surface area contributed by atoms with Crippen LogP contribution in [-0.4, -0.2) is 10.2 Å². The maximum absolute atomic E-state index is 8.90. The molecule has 1 aromatic rings. The van der Waals surface area contributed by atoms with E-state index in [1.54, 1.807) is 12.1 Å². The molecule has 0 aromatic heterocycles. The van der Waals surface area contributed by atoms with E-state index in [-0.39, 0.29) is 13.2 Å². The van der Waals surface area contributed by atoms with Crippen LogP contribution in [0.3, 0.4) is 0 Å². The number of hydrogen-bond donors (Lipinski definition) is 2. The number of aliphatic hydroxyl groups is 2. The number of benzene rings is 1. The molecule has 0 heterocycles. The van der Waals surface area contributed by atoms with Gasteiger partial charge in [0, 0.05) is 4.47 Å². The van der Waals surface area contributed by atoms with E-state index in [9.17, 15) is 0 Å². The highest BCUT2D eigenvalue weighted by molar-refractivity contribution is 9.10. The van der Waals surface area contributed by atoms with E-state index in [4.69, 9.17) is 15.5 Å². The maximum Gasteiger partial charge on any atom is 0.0995 e. The van der Waals surface area contributed by atoms with Crippen molar-refractivity contribution in [2.45, 2.75) is 13.2 Å². The van der Waals surface area contributed by atoms with Crippen LogP contribution in [0.1, 0.15) is 16.7 Å². The summed E-state index contributed by atoms with van der Waals surface area (Å²) < 4.78 is 0.707. The average molecular weight is 242 g/mol. The minimum absolute atomic E-state index is 0.124. The quantitative estimate of drug-likeness (QED) is 0.821. The highest BCUT2D eigenvalue weighted by Crippen LogP contribution is 2.21. The lowest BCUT2D eigenvalue weighted by Gasteiger charge is -2.05. The monoisotopic (exact) mass is 241 g/mol. The van der Waals surface area contributed by atoms with Crippen LogP contribution in [0, 0.1) is 11.3 Å². The third-order valence-electron chi connectivity index (χ3n) is 1.73. The Hall–Kier alpha value is -0.890. The molecule has 0 amide bonds. The number of rotatable bonds is 2. The second kappa shape index (κ2) is 4.38. The van der Waals surface area contributed by atoms with Gasteiger partial charge in [-0.1, -0.05) is 15.9 Å². The molecule has 13 heavy (non-hydrogen) atoms. The minimum Gasteiger partial charge on any atom is -0.392 e. The van der Waals surface area contributed by atoms with Gasteiger partial charge in [0.25, 0.3) is 0 Å². The van der Waals surface area contributed by atoms with Crippen LogP contribution in [0.2, 0.25) is 0 Å². The number of nitrogens with zero attached hydrogens (tertiary/aromatic N) is 1. The van der Waals surface area contributed by atoms with Crippen LogP contribution >= 0.6 is 15.9 Å². The molecule has 0 fully saturated rings. The van der Waals surface area contributed by atoms with E-state index in [1.807, 2.05) is 6.07 Å². The number of hydrogen-bond acceptors (Lipinski definition) is 3. The largest absolute Gasteiger partial charge is 0.392 e. The Labute approximate surface area is 84.4 Å². The summed E-state index contributed by atoms with van der Waals surface area (Å²) in [6.07, 6.45) is 0. The van der Waals surface area contributed by atoms with Gasteiger partial charge in [-0.15, -0.1) is 0 Å². The van der Waals surface area contributed by atoms with Gasteiger partial charge in [0.1, 0.15) is 0 Å². The molecule has 1 aromatic carbocycles. The van der Waals surface area contributed by atoms with Crippen molar-refractivity contribution in [2.75, 3.05) is 0 Å². The fourth-order valence-electron chi connectivity index (χ4n) is 1.02. The summed E-state index contributed by atoms with van der Waals surface area (Å²) >= 11 is 3.23. The number of aliphatic hydroxyl groups excluding tert-OH is 2. The van der Waals surface area contributed by atoms with Gasteiger partial charge in [-0.3, -0.25) is 0 Å². The molecule has 3 nitrogen and oxygen atoms in total. The second-order valence-corrected chi connectivity index (χ2v) is 3.38. The van der Waals surface area contributed by atoms with Crippen molar-refractivity contribution in [1.29, 1.82) is 5.26 Å². The fourth-order valence-corrected chi connectivity index (χ4v) is 1.53. The molecule has 4 heteroatoms. The lowest BCUT2D eigenvalue weighted by atomic mass is 10.1. The van der Waals surface area contributed by atoms with Crippen molar-refractivity contribution in [3.8, 4) is 6.07 Å². The van der Waals surface area contributed by atoms with Gasteiger partial charge in [0.15, 0.2) is 0 Å². The van der Waals surface area contributed by atoms with Gasteiger partial charge in [-0.2, -0.15) is 5.26 Å². The Morgan fingerprint density at radius 1 is 1.23 bits per heavy atom. The first-order valence-corrected chi connectivity index (χ1v) is 4.45. The van der Waals surface area contributed by atoms with Crippen LogP contribution in [0.15, 0.2) is 16.6 Å². The van der Waals surface area contributed by atoms with Crippen molar-refractivity contribution in [3.63, 3.8) is 0 Å². The lowest BCUT2D eigenvalue weighted by Crippen LogP contribution is -1.94. The molecule has 68 valence electrons. The van der Waals surface area contributed by atoms with E-state index in [0.29, 0.717) is 21.2 Å². The second-order valence-electron chi connectivity index (χ2n) is 2.53. The molecule has 0 aliphatic rings. The van der Waals surface area contributed by atoms with Crippen LogP contribution in [-0.2, 0) is 13.2 Å². The first-order chi connectivity index (χ1) is 6.22. The standard InChI is InChI=1S/C9H8BrNO2/c10-9-2-7(4-12)6(3-11)1-8(9)5-13/h1-2,12-13H,4-5H2. The summed E-state index contributed by atoms with van der Waals surface area (Å²) in [6, 6.07) is 5.16. The smallest absolute Gasteiger partial charge is 0.0995 e. The van der Waals surface area contributed by atoms with Crippen LogP contribution in [0.4, 0.5) is 0 Å². The van der Waals surface area contributed by atoms with Crippen LogP contribution < -0.4 is 0 Å². The third kappa shape index (κ3) is 2.07. The van der Waals surface area contributed by atoms with Gasteiger partial charge in [0.05, 0.1) is 24.8 Å². The zero-order valence-corrected chi connectivity index (χ0v) is 8.37. The summed E-state index contributed by atoms with van der Waals surface area (Å²) in [6.45, 7) is -0.297. The summed E-state index contributed by atoms with van der Waals surface area (Å²) in [5, 5.41) is 26.5. The molecule has 0 radical (unpaired) electrons. The average Bonchev–Trinajstić information content (AvgIpc) is 2.17. The molecule has 0 unspecified atom stereocenters. The number of nitriles is 1. The molecule has 0 saturated carbocycles. The van der Waals surface area contributed by atoms with E-state index < -0.39 is 0 Å². The van der Waals surface area contributed by atoms with Gasteiger partial charge in [-0.05, 0) is 23.3 Å². The zero-order chi connectivity index (χ0) is 9.84. The first-order valence-electron chi connectivity index (χ1n) is 3.66. The molecule has 0 aliphatic heterocycles. The Morgan fingerprint density at radius 2 is 1.85 bits per heavy atom. The lowest BCUT2D eigenvalue weighted by molar-refractivity contribution is 0.277. The maximum atomic E-state index is 8.90. The van der Waals surface area contributed by atoms with Crippen molar-refractivity contribution < 1.29 is 10.2 Å². The first kappa shape index (κ1) is 10.2. The van der Waals surface area contributed by atoms with E-state index >= 15 is 0 Å². The molecule has 0 bridgehead atoms. The highest BCUT2D eigenvalue weighted by atomic mass is 79.9. The van der Waals surface area contributed by atoms with Gasteiger partial charge < -0.3 is 10.2 Å². The summed E-state index contributed by atoms with van der Waals surface area (Å²) in [5.74, 6) is 0. The van der Waals surface area contributed by atoms with Gasteiger partial charge in [0.2, 0.25) is 0 Å². The predicted molar refractivity (Wildman–Crippen MR) is 50.7 cm³/mol. The topological polar surface area (TPSA) is 64.2 Å². The van der Waals surface area contributed by atoms with E-state index in [0.717, 1.165) is 0 Å². The fraction of sp³-hybridized carbons (Fsp3) is 0.222. The molecule has 2 N–H and O–H groups in total. The Morgan fingerprint density at radius 3 is 2.31 bits per heavy atom. The summed E-state index contributed by atoms with van der Waals surface area (Å²) in [7, 11) is 0. The van der Waals surface area contributed by atoms with Crippen LogP contribution in [0.25, 0.3) is 0 Å². The van der Waals surface area contributed by atoms with Crippen molar-refractivity contribution in [3.05, 3.63) is 33.3 Å². The molecule has 1 rings (SSSR count). The van der Waals surface area contributed by atoms with Gasteiger partial charge in [-0.25, -0.2) is 0 Å². The Bertz CT molecular complexity index is 357. The Balaban J connectivity index is 3.28. The van der Waals surface area contributed by atoms with Crippen LogP contribution in [0.5, 0.6) is 0 Å². The minimum atomic E-state index is -0.173. The molecule has 0 spiro atoms. The SMILES string of the molecule is N#Cc1cc(CO)c(Br)cc1CO. The summed E-state index contributed by atoms with van der Waals surface area (Å²) in [4.78, 5) is 0.